The van der Waals surface area contributed by atoms with Crippen molar-refractivity contribution < 1.29 is 9.53 Å². The molecule has 2 aromatic rings. The molecule has 0 spiro atoms. The van der Waals surface area contributed by atoms with Crippen LogP contribution in [0.25, 0.3) is 0 Å². The highest BCUT2D eigenvalue weighted by Crippen LogP contribution is 2.16. The average molecular weight is 334 g/mol. The number of hydrogen-bond acceptors (Lipinski definition) is 2. The van der Waals surface area contributed by atoms with Crippen molar-refractivity contribution >= 4 is 21.8 Å². The maximum atomic E-state index is 12.1. The first-order valence-electron chi connectivity index (χ1n) is 6.32. The standard InChI is InChI=1S/C16H16BrNO2/c1-20-15(12-6-3-2-4-7-12)11-18-16(19)13-8-5-9-14(17)10-13/h2-10,15H,11H2,1H3,(H,18,19). The zero-order chi connectivity index (χ0) is 14.4. The average Bonchev–Trinajstić information content (AvgIpc) is 2.49. The molecule has 0 saturated heterocycles. The Morgan fingerprint density at radius 1 is 1.20 bits per heavy atom. The number of ether oxygens (including phenoxy) is 1. The lowest BCUT2D eigenvalue weighted by molar-refractivity contribution is 0.0828. The van der Waals surface area contributed by atoms with E-state index >= 15 is 0 Å². The van der Waals surface area contributed by atoms with E-state index in [1.165, 1.54) is 0 Å². The molecule has 4 heteroatoms. The smallest absolute Gasteiger partial charge is 0.251 e. The SMILES string of the molecule is COC(CNC(=O)c1cccc(Br)c1)c1ccccc1. The number of methoxy groups -OCH3 is 1. The Kier molecular flexibility index (Phi) is 5.32. The quantitative estimate of drug-likeness (QED) is 0.908. The molecule has 0 aliphatic heterocycles. The van der Waals surface area contributed by atoms with Crippen LogP contribution in [0.4, 0.5) is 0 Å². The number of carbonyl (C=O) groups is 1. The molecule has 1 N–H and O–H groups in total. The van der Waals surface area contributed by atoms with E-state index in [0.29, 0.717) is 12.1 Å². The number of hydrogen-bond donors (Lipinski definition) is 1. The van der Waals surface area contributed by atoms with Gasteiger partial charge in [0.15, 0.2) is 0 Å². The molecule has 0 heterocycles. The Morgan fingerprint density at radius 3 is 2.60 bits per heavy atom. The first kappa shape index (κ1) is 14.8. The first-order chi connectivity index (χ1) is 9.70. The van der Waals surface area contributed by atoms with Crippen molar-refractivity contribution in [2.75, 3.05) is 13.7 Å². The second kappa shape index (κ2) is 7.22. The highest BCUT2D eigenvalue weighted by Gasteiger charge is 2.12. The number of amides is 1. The van der Waals surface area contributed by atoms with Crippen LogP contribution in [0.2, 0.25) is 0 Å². The molecule has 104 valence electrons. The van der Waals surface area contributed by atoms with E-state index in [1.54, 1.807) is 19.2 Å². The molecule has 1 atom stereocenters. The lowest BCUT2D eigenvalue weighted by atomic mass is 10.1. The van der Waals surface area contributed by atoms with E-state index in [9.17, 15) is 4.79 Å². The molecular weight excluding hydrogens is 318 g/mol. The minimum absolute atomic E-state index is 0.107. The van der Waals surface area contributed by atoms with Crippen LogP contribution in [0.5, 0.6) is 0 Å². The molecule has 0 aliphatic carbocycles. The summed E-state index contributed by atoms with van der Waals surface area (Å²) in [7, 11) is 1.64. The number of nitrogens with one attached hydrogen (secondary N) is 1. The van der Waals surface area contributed by atoms with Gasteiger partial charge in [-0.1, -0.05) is 52.3 Å². The van der Waals surface area contributed by atoms with Gasteiger partial charge in [-0.25, -0.2) is 0 Å². The predicted molar refractivity (Wildman–Crippen MR) is 82.7 cm³/mol. The predicted octanol–water partition coefficient (Wildman–Crippen LogP) is 3.57. The van der Waals surface area contributed by atoms with Crippen LogP contribution in [0.15, 0.2) is 59.1 Å². The van der Waals surface area contributed by atoms with Crippen LogP contribution in [-0.4, -0.2) is 19.6 Å². The van der Waals surface area contributed by atoms with Gasteiger partial charge in [0.25, 0.3) is 5.91 Å². The summed E-state index contributed by atoms with van der Waals surface area (Å²) in [6, 6.07) is 17.1. The van der Waals surface area contributed by atoms with Gasteiger partial charge in [0.1, 0.15) is 0 Å². The number of halogens is 1. The highest BCUT2D eigenvalue weighted by molar-refractivity contribution is 9.10. The fourth-order valence-electron chi connectivity index (χ4n) is 1.92. The van der Waals surface area contributed by atoms with Crippen molar-refractivity contribution in [2.24, 2.45) is 0 Å². The monoisotopic (exact) mass is 333 g/mol. The van der Waals surface area contributed by atoms with Gasteiger partial charge in [-0.05, 0) is 23.8 Å². The van der Waals surface area contributed by atoms with Gasteiger partial charge in [0, 0.05) is 23.7 Å². The second-order valence-electron chi connectivity index (χ2n) is 4.36. The zero-order valence-electron chi connectivity index (χ0n) is 11.2. The van der Waals surface area contributed by atoms with Crippen molar-refractivity contribution in [3.63, 3.8) is 0 Å². The van der Waals surface area contributed by atoms with Gasteiger partial charge in [-0.2, -0.15) is 0 Å². The van der Waals surface area contributed by atoms with Gasteiger partial charge in [0.2, 0.25) is 0 Å². The molecule has 1 amide bonds. The Hall–Kier alpha value is -1.65. The molecule has 0 fully saturated rings. The third-order valence-electron chi connectivity index (χ3n) is 2.99. The Bertz CT molecular complexity index is 572. The molecule has 0 aromatic heterocycles. The lowest BCUT2D eigenvalue weighted by Gasteiger charge is -2.16. The summed E-state index contributed by atoms with van der Waals surface area (Å²) in [6.07, 6.45) is -0.146. The number of rotatable bonds is 5. The first-order valence-corrected chi connectivity index (χ1v) is 7.11. The van der Waals surface area contributed by atoms with Crippen LogP contribution < -0.4 is 5.32 Å². The fourth-order valence-corrected chi connectivity index (χ4v) is 2.32. The molecule has 0 saturated carbocycles. The van der Waals surface area contributed by atoms with Gasteiger partial charge in [-0.3, -0.25) is 4.79 Å². The maximum absolute atomic E-state index is 12.1. The topological polar surface area (TPSA) is 38.3 Å². The zero-order valence-corrected chi connectivity index (χ0v) is 12.8. The van der Waals surface area contributed by atoms with Crippen molar-refractivity contribution in [3.05, 3.63) is 70.2 Å². The molecule has 2 aromatic carbocycles. The van der Waals surface area contributed by atoms with Crippen LogP contribution >= 0.6 is 15.9 Å². The minimum Gasteiger partial charge on any atom is -0.375 e. The highest BCUT2D eigenvalue weighted by atomic mass is 79.9. The number of benzene rings is 2. The minimum atomic E-state index is -0.146. The summed E-state index contributed by atoms with van der Waals surface area (Å²) in [5.74, 6) is -0.107. The summed E-state index contributed by atoms with van der Waals surface area (Å²) in [5.41, 5.74) is 1.67. The molecule has 0 aliphatic rings. The molecule has 3 nitrogen and oxygen atoms in total. The van der Waals surface area contributed by atoms with Crippen molar-refractivity contribution in [2.45, 2.75) is 6.10 Å². The normalized spacial score (nSPS) is 11.9. The Labute approximate surface area is 127 Å². The van der Waals surface area contributed by atoms with Crippen LogP contribution in [0.3, 0.4) is 0 Å². The van der Waals surface area contributed by atoms with E-state index in [1.807, 2.05) is 42.5 Å². The third-order valence-corrected chi connectivity index (χ3v) is 3.48. The lowest BCUT2D eigenvalue weighted by Crippen LogP contribution is -2.29. The number of carbonyl (C=O) groups excluding carboxylic acids is 1. The molecule has 0 bridgehead atoms. The van der Waals surface area contributed by atoms with Crippen LogP contribution in [0, 0.1) is 0 Å². The summed E-state index contributed by atoms with van der Waals surface area (Å²) in [5, 5.41) is 2.89. The molecule has 20 heavy (non-hydrogen) atoms. The van der Waals surface area contributed by atoms with E-state index in [2.05, 4.69) is 21.2 Å². The van der Waals surface area contributed by atoms with Gasteiger partial charge in [-0.15, -0.1) is 0 Å². The van der Waals surface area contributed by atoms with E-state index in [0.717, 1.165) is 10.0 Å². The fraction of sp³-hybridized carbons (Fsp3) is 0.188. The Balaban J connectivity index is 1.98. The summed E-state index contributed by atoms with van der Waals surface area (Å²) in [6.45, 7) is 0.436. The molecule has 1 unspecified atom stereocenters. The molecular formula is C16H16BrNO2. The summed E-state index contributed by atoms with van der Waals surface area (Å²) in [4.78, 5) is 12.1. The van der Waals surface area contributed by atoms with Crippen LogP contribution in [-0.2, 0) is 4.74 Å². The van der Waals surface area contributed by atoms with Gasteiger partial charge >= 0.3 is 0 Å². The Morgan fingerprint density at radius 2 is 1.95 bits per heavy atom. The molecule has 2 rings (SSSR count). The largest absolute Gasteiger partial charge is 0.375 e. The van der Waals surface area contributed by atoms with Gasteiger partial charge in [0.05, 0.1) is 6.10 Å². The summed E-state index contributed by atoms with van der Waals surface area (Å²) < 4.78 is 6.31. The van der Waals surface area contributed by atoms with Gasteiger partial charge < -0.3 is 10.1 Å². The van der Waals surface area contributed by atoms with Crippen molar-refractivity contribution in [3.8, 4) is 0 Å². The van der Waals surface area contributed by atoms with E-state index in [4.69, 9.17) is 4.74 Å². The summed E-state index contributed by atoms with van der Waals surface area (Å²) >= 11 is 3.36. The van der Waals surface area contributed by atoms with Crippen molar-refractivity contribution in [1.29, 1.82) is 0 Å². The van der Waals surface area contributed by atoms with Crippen LogP contribution in [0.1, 0.15) is 22.0 Å². The van der Waals surface area contributed by atoms with Crippen molar-refractivity contribution in [1.82, 2.24) is 5.32 Å². The molecule has 0 radical (unpaired) electrons. The second-order valence-corrected chi connectivity index (χ2v) is 5.27. The van der Waals surface area contributed by atoms with E-state index < -0.39 is 0 Å². The maximum Gasteiger partial charge on any atom is 0.251 e. The van der Waals surface area contributed by atoms with E-state index in [-0.39, 0.29) is 12.0 Å². The third kappa shape index (κ3) is 3.92.